The van der Waals surface area contributed by atoms with Crippen LogP contribution < -0.4 is 10.5 Å². The van der Waals surface area contributed by atoms with Crippen LogP contribution in [0, 0.1) is 13.8 Å². The first-order chi connectivity index (χ1) is 12.5. The van der Waals surface area contributed by atoms with E-state index >= 15 is 0 Å². The Morgan fingerprint density at radius 2 is 1.81 bits per heavy atom. The number of hydrogen-bond donors (Lipinski definition) is 2. The van der Waals surface area contributed by atoms with Crippen LogP contribution in [0.25, 0.3) is 0 Å². The fourth-order valence-electron chi connectivity index (χ4n) is 2.30. The molecule has 0 aromatic heterocycles. The molecule has 144 valence electrons. The van der Waals surface area contributed by atoms with E-state index in [0.717, 1.165) is 17.2 Å². The van der Waals surface area contributed by atoms with E-state index in [4.69, 9.17) is 21.5 Å². The maximum Gasteiger partial charge on any atom is 0.340 e. The smallest absolute Gasteiger partial charge is 0.340 e. The largest absolute Gasteiger partial charge is 0.449 e. The third-order valence-electron chi connectivity index (χ3n) is 3.78. The quantitative estimate of drug-likeness (QED) is 0.735. The first-order valence-corrected chi connectivity index (χ1v) is 9.83. The van der Waals surface area contributed by atoms with Crippen molar-refractivity contribution in [2.24, 2.45) is 5.14 Å². The van der Waals surface area contributed by atoms with Gasteiger partial charge < -0.3 is 10.1 Å². The Bertz CT molecular complexity index is 1000. The van der Waals surface area contributed by atoms with Gasteiger partial charge in [-0.1, -0.05) is 29.3 Å². The molecule has 7 nitrogen and oxygen atoms in total. The van der Waals surface area contributed by atoms with Gasteiger partial charge in [0.2, 0.25) is 10.0 Å². The molecule has 9 heteroatoms. The second-order valence-electron chi connectivity index (χ2n) is 6.04. The molecular formula is C18H19ClN2O5S. The van der Waals surface area contributed by atoms with Crippen molar-refractivity contribution in [3.05, 3.63) is 58.1 Å². The molecule has 0 aliphatic carbocycles. The first-order valence-electron chi connectivity index (χ1n) is 7.90. The zero-order valence-electron chi connectivity index (χ0n) is 14.9. The highest BCUT2D eigenvalue weighted by Gasteiger charge is 2.22. The molecule has 0 radical (unpaired) electrons. The summed E-state index contributed by atoms with van der Waals surface area (Å²) in [6, 6.07) is 8.91. The van der Waals surface area contributed by atoms with E-state index in [1.807, 2.05) is 26.0 Å². The summed E-state index contributed by atoms with van der Waals surface area (Å²) in [7, 11) is -4.02. The molecule has 0 heterocycles. The van der Waals surface area contributed by atoms with E-state index in [1.54, 1.807) is 6.07 Å². The van der Waals surface area contributed by atoms with Crippen molar-refractivity contribution < 1.29 is 22.7 Å². The molecule has 3 N–H and O–H groups in total. The zero-order chi connectivity index (χ0) is 20.4. The van der Waals surface area contributed by atoms with Crippen LogP contribution in [0.2, 0.25) is 5.02 Å². The molecule has 0 aliphatic rings. The first kappa shape index (κ1) is 20.9. The lowest BCUT2D eigenvalue weighted by atomic mass is 10.1. The van der Waals surface area contributed by atoms with E-state index in [0.29, 0.717) is 5.69 Å². The molecule has 1 atom stereocenters. The molecule has 27 heavy (non-hydrogen) atoms. The highest BCUT2D eigenvalue weighted by atomic mass is 35.5. The van der Waals surface area contributed by atoms with E-state index < -0.39 is 28.0 Å². The molecular weight excluding hydrogens is 392 g/mol. The van der Waals surface area contributed by atoms with Crippen LogP contribution in [0.3, 0.4) is 0 Å². The second kappa shape index (κ2) is 8.08. The van der Waals surface area contributed by atoms with Crippen LogP contribution in [-0.4, -0.2) is 26.4 Å². The van der Waals surface area contributed by atoms with Gasteiger partial charge in [-0.3, -0.25) is 4.79 Å². The van der Waals surface area contributed by atoms with Gasteiger partial charge in [0.25, 0.3) is 5.91 Å². The number of carbonyl (C=O) groups excluding carboxylic acids is 2. The number of aryl methyl sites for hydroxylation is 2. The van der Waals surface area contributed by atoms with Gasteiger partial charge in [-0.2, -0.15) is 0 Å². The zero-order valence-corrected chi connectivity index (χ0v) is 16.5. The number of carbonyl (C=O) groups is 2. The number of nitrogens with two attached hydrogens (primary N) is 1. The lowest BCUT2D eigenvalue weighted by molar-refractivity contribution is -0.123. The number of ether oxygens (including phenoxy) is 1. The number of rotatable bonds is 5. The number of benzene rings is 2. The molecule has 0 aliphatic heterocycles. The summed E-state index contributed by atoms with van der Waals surface area (Å²) in [5, 5.41) is 7.71. The minimum atomic E-state index is -4.02. The van der Waals surface area contributed by atoms with E-state index in [9.17, 15) is 18.0 Å². The lowest BCUT2D eigenvalue weighted by Crippen LogP contribution is -2.30. The molecule has 2 aromatic rings. The third kappa shape index (κ3) is 5.29. The number of esters is 1. The van der Waals surface area contributed by atoms with Crippen molar-refractivity contribution in [3.63, 3.8) is 0 Å². The number of halogens is 1. The highest BCUT2D eigenvalue weighted by molar-refractivity contribution is 7.89. The van der Waals surface area contributed by atoms with Crippen molar-refractivity contribution in [1.29, 1.82) is 0 Å². The fourth-order valence-corrected chi connectivity index (χ4v) is 3.04. The molecule has 0 saturated heterocycles. The standard InChI is InChI=1S/C18H19ClN2O5S/c1-10-4-7-16(11(2)8-10)21-17(22)12(3)26-18(23)14-9-13(27(20,24)25)5-6-15(14)19/h4-9,12H,1-3H3,(H,21,22)(H2,20,24,25)/t12-/m0/s1. The topological polar surface area (TPSA) is 116 Å². The molecule has 2 rings (SSSR count). The number of anilines is 1. The van der Waals surface area contributed by atoms with Gasteiger partial charge in [-0.25, -0.2) is 18.4 Å². The van der Waals surface area contributed by atoms with Gasteiger partial charge in [0.05, 0.1) is 15.5 Å². The Balaban J connectivity index is 2.14. The van der Waals surface area contributed by atoms with Crippen molar-refractivity contribution in [3.8, 4) is 0 Å². The van der Waals surface area contributed by atoms with Gasteiger partial charge in [0.1, 0.15) is 0 Å². The molecule has 0 saturated carbocycles. The van der Waals surface area contributed by atoms with Crippen molar-refractivity contribution in [1.82, 2.24) is 0 Å². The number of hydrogen-bond acceptors (Lipinski definition) is 5. The maximum absolute atomic E-state index is 12.3. The fraction of sp³-hybridized carbons (Fsp3) is 0.222. The number of sulfonamides is 1. The minimum absolute atomic E-state index is 0.0191. The Morgan fingerprint density at radius 1 is 1.15 bits per heavy atom. The van der Waals surface area contributed by atoms with Gasteiger partial charge in [-0.15, -0.1) is 0 Å². The van der Waals surface area contributed by atoms with Crippen molar-refractivity contribution in [2.75, 3.05) is 5.32 Å². The Kier molecular flexibility index (Phi) is 6.25. The molecule has 0 fully saturated rings. The summed E-state index contributed by atoms with van der Waals surface area (Å²) in [4.78, 5) is 24.3. The summed E-state index contributed by atoms with van der Waals surface area (Å²) in [6.07, 6.45) is -1.13. The average molecular weight is 411 g/mol. The molecule has 0 bridgehead atoms. The summed E-state index contributed by atoms with van der Waals surface area (Å²) < 4.78 is 28.0. The summed E-state index contributed by atoms with van der Waals surface area (Å²) in [5.41, 5.74) is 2.32. The van der Waals surface area contributed by atoms with Crippen LogP contribution in [0.15, 0.2) is 41.3 Å². The van der Waals surface area contributed by atoms with Crippen molar-refractivity contribution >= 4 is 39.2 Å². The van der Waals surface area contributed by atoms with Gasteiger partial charge >= 0.3 is 5.97 Å². The monoisotopic (exact) mass is 410 g/mol. The summed E-state index contributed by atoms with van der Waals surface area (Å²) in [6.45, 7) is 5.18. The van der Waals surface area contributed by atoms with E-state index in [1.165, 1.54) is 19.1 Å². The van der Waals surface area contributed by atoms with Crippen LogP contribution in [0.5, 0.6) is 0 Å². The van der Waals surface area contributed by atoms with E-state index in [2.05, 4.69) is 5.32 Å². The lowest BCUT2D eigenvalue weighted by Gasteiger charge is -2.15. The third-order valence-corrected chi connectivity index (χ3v) is 5.02. The second-order valence-corrected chi connectivity index (χ2v) is 8.01. The Hall–Kier alpha value is -2.42. The van der Waals surface area contributed by atoms with Gasteiger partial charge in [0.15, 0.2) is 6.10 Å². The van der Waals surface area contributed by atoms with E-state index in [-0.39, 0.29) is 15.5 Å². The van der Waals surface area contributed by atoms with Crippen LogP contribution in [0.1, 0.15) is 28.4 Å². The van der Waals surface area contributed by atoms with Crippen molar-refractivity contribution in [2.45, 2.75) is 31.8 Å². The maximum atomic E-state index is 12.3. The number of amides is 1. The Labute approximate surface area is 162 Å². The summed E-state index contributed by atoms with van der Waals surface area (Å²) >= 11 is 5.93. The molecule has 2 aromatic carbocycles. The predicted molar refractivity (Wildman–Crippen MR) is 102 cm³/mol. The molecule has 0 spiro atoms. The minimum Gasteiger partial charge on any atom is -0.449 e. The number of nitrogens with one attached hydrogen (secondary N) is 1. The summed E-state index contributed by atoms with van der Waals surface area (Å²) in [5.74, 6) is -1.47. The van der Waals surface area contributed by atoms with Gasteiger partial charge in [0, 0.05) is 5.69 Å². The van der Waals surface area contributed by atoms with Crippen LogP contribution in [0.4, 0.5) is 5.69 Å². The predicted octanol–water partition coefficient (Wildman–Crippen LogP) is 2.79. The van der Waals surface area contributed by atoms with Crippen LogP contribution >= 0.6 is 11.6 Å². The Morgan fingerprint density at radius 3 is 2.41 bits per heavy atom. The number of primary sulfonamides is 1. The van der Waals surface area contributed by atoms with Crippen LogP contribution in [-0.2, 0) is 19.6 Å². The average Bonchev–Trinajstić information content (AvgIpc) is 2.56. The molecule has 0 unspecified atom stereocenters. The SMILES string of the molecule is Cc1ccc(NC(=O)[C@H](C)OC(=O)c2cc(S(N)(=O)=O)ccc2Cl)c(C)c1. The normalized spacial score (nSPS) is 12.3. The highest BCUT2D eigenvalue weighted by Crippen LogP contribution is 2.22. The van der Waals surface area contributed by atoms with Gasteiger partial charge in [-0.05, 0) is 50.6 Å². The molecule has 1 amide bonds.